The third-order valence-electron chi connectivity index (χ3n) is 3.73. The van der Waals surface area contributed by atoms with Crippen molar-refractivity contribution in [1.29, 1.82) is 0 Å². The molecule has 0 aromatic heterocycles. The Morgan fingerprint density at radius 1 is 1.21 bits per heavy atom. The van der Waals surface area contributed by atoms with Crippen molar-refractivity contribution in [3.8, 4) is 0 Å². The zero-order valence-corrected chi connectivity index (χ0v) is 20.9. The highest BCUT2D eigenvalue weighted by molar-refractivity contribution is 14.0. The minimum atomic E-state index is -3.18. The summed E-state index contributed by atoms with van der Waals surface area (Å²) in [7, 11) is -3.18. The molecule has 3 N–H and O–H groups in total. The summed E-state index contributed by atoms with van der Waals surface area (Å²) in [5, 5.41) is 17.4. The van der Waals surface area contributed by atoms with E-state index in [2.05, 4.69) is 15.6 Å². The van der Waals surface area contributed by atoms with Gasteiger partial charge in [-0.15, -0.1) is 24.0 Å². The monoisotopic (exact) mass is 566 g/mol. The lowest BCUT2D eigenvalue weighted by Crippen LogP contribution is -2.39. The molecule has 1 unspecified atom stereocenters. The van der Waals surface area contributed by atoms with E-state index >= 15 is 0 Å². The topological polar surface area (TPSA) is 94.0 Å². The summed E-state index contributed by atoms with van der Waals surface area (Å²) in [6.45, 7) is 5.98. The molecule has 0 aliphatic heterocycles. The first-order valence-electron chi connectivity index (χ1n) is 8.78. The Morgan fingerprint density at radius 2 is 1.82 bits per heavy atom. The van der Waals surface area contributed by atoms with Gasteiger partial charge in [0.1, 0.15) is 0 Å². The van der Waals surface area contributed by atoms with Gasteiger partial charge in [0.05, 0.1) is 18.9 Å². The van der Waals surface area contributed by atoms with E-state index in [9.17, 15) is 13.5 Å². The Kier molecular flexibility index (Phi) is 13.6. The van der Waals surface area contributed by atoms with E-state index in [-0.39, 0.29) is 30.5 Å². The minimum absolute atomic E-state index is 0. The van der Waals surface area contributed by atoms with Gasteiger partial charge in [0.15, 0.2) is 5.96 Å². The lowest BCUT2D eigenvalue weighted by atomic mass is 10.1. The lowest BCUT2D eigenvalue weighted by molar-refractivity contribution is 0.187. The third-order valence-corrected chi connectivity index (χ3v) is 5.55. The number of sulfonamides is 1. The van der Waals surface area contributed by atoms with Gasteiger partial charge in [0, 0.05) is 36.2 Å². The highest BCUT2D eigenvalue weighted by Crippen LogP contribution is 2.23. The van der Waals surface area contributed by atoms with E-state index in [0.717, 1.165) is 0 Å². The summed E-state index contributed by atoms with van der Waals surface area (Å²) in [5.41, 5.74) is 0.596. The fourth-order valence-electron chi connectivity index (χ4n) is 2.41. The normalized spacial score (nSPS) is 13.2. The molecule has 0 bridgehead atoms. The van der Waals surface area contributed by atoms with E-state index in [0.29, 0.717) is 54.2 Å². The zero-order chi connectivity index (χ0) is 20.4. The molecule has 0 fully saturated rings. The molecule has 28 heavy (non-hydrogen) atoms. The molecule has 0 heterocycles. The maximum atomic E-state index is 11.6. The van der Waals surface area contributed by atoms with Gasteiger partial charge >= 0.3 is 0 Å². The number of nitrogens with one attached hydrogen (secondary N) is 2. The van der Waals surface area contributed by atoms with Crippen molar-refractivity contribution in [2.45, 2.75) is 26.4 Å². The number of aliphatic hydroxyl groups is 1. The second-order valence-corrected chi connectivity index (χ2v) is 8.83. The molecule has 1 aromatic rings. The Labute approximate surface area is 195 Å². The van der Waals surface area contributed by atoms with Gasteiger partial charge in [-0.05, 0) is 37.1 Å². The van der Waals surface area contributed by atoms with Crippen molar-refractivity contribution in [3.05, 3.63) is 33.8 Å². The second kappa shape index (κ2) is 13.8. The van der Waals surface area contributed by atoms with Crippen LogP contribution in [0, 0.1) is 0 Å². The highest BCUT2D eigenvalue weighted by atomic mass is 127. The van der Waals surface area contributed by atoms with Crippen molar-refractivity contribution < 1.29 is 13.5 Å². The third kappa shape index (κ3) is 10.4. The van der Waals surface area contributed by atoms with Crippen molar-refractivity contribution in [2.24, 2.45) is 4.99 Å². The summed E-state index contributed by atoms with van der Waals surface area (Å²) in [6.07, 6.45) is 1.01. The highest BCUT2D eigenvalue weighted by Gasteiger charge is 2.13. The van der Waals surface area contributed by atoms with Crippen LogP contribution >= 0.6 is 47.2 Å². The SMILES string of the molecule is CCNC(=NCC(O)c1cc(Cl)cc(Cl)c1)NCCCN(CC)S(C)(=O)=O.I. The molecule has 1 aromatic carbocycles. The average Bonchev–Trinajstić information content (AvgIpc) is 2.57. The van der Waals surface area contributed by atoms with Crippen LogP contribution in [-0.2, 0) is 10.0 Å². The number of rotatable bonds is 10. The molecule has 0 aliphatic rings. The molecule has 0 radical (unpaired) electrons. The molecular formula is C17H29Cl2IN4O3S. The molecule has 0 aliphatic carbocycles. The average molecular weight is 567 g/mol. The van der Waals surface area contributed by atoms with Gasteiger partial charge in [-0.3, -0.25) is 4.99 Å². The Morgan fingerprint density at radius 3 is 2.32 bits per heavy atom. The van der Waals surface area contributed by atoms with E-state index < -0.39 is 16.1 Å². The van der Waals surface area contributed by atoms with Gasteiger partial charge < -0.3 is 15.7 Å². The first-order valence-corrected chi connectivity index (χ1v) is 11.4. The van der Waals surface area contributed by atoms with Crippen molar-refractivity contribution >= 4 is 63.2 Å². The zero-order valence-electron chi connectivity index (χ0n) is 16.3. The lowest BCUT2D eigenvalue weighted by Gasteiger charge is -2.18. The summed E-state index contributed by atoms with van der Waals surface area (Å²) < 4.78 is 24.6. The van der Waals surface area contributed by atoms with Crippen LogP contribution in [0.1, 0.15) is 31.9 Å². The number of nitrogens with zero attached hydrogens (tertiary/aromatic N) is 2. The van der Waals surface area contributed by atoms with Crippen LogP contribution in [0.15, 0.2) is 23.2 Å². The molecule has 162 valence electrons. The fourth-order valence-corrected chi connectivity index (χ4v) is 3.89. The number of halogens is 3. The summed E-state index contributed by atoms with van der Waals surface area (Å²) in [5.74, 6) is 0.548. The Bertz CT molecular complexity index is 715. The first-order chi connectivity index (χ1) is 12.7. The largest absolute Gasteiger partial charge is 0.386 e. The number of benzene rings is 1. The van der Waals surface area contributed by atoms with E-state index in [1.54, 1.807) is 18.2 Å². The van der Waals surface area contributed by atoms with Crippen LogP contribution in [0.3, 0.4) is 0 Å². The standard InChI is InChI=1S/C17H28Cl2N4O3S.HI/c1-4-20-17(21-7-6-8-23(5-2)27(3,25)26)22-12-16(24)13-9-14(18)11-15(19)10-13;/h9-11,16,24H,4-8,12H2,1-3H3,(H2,20,21,22);1H. The van der Waals surface area contributed by atoms with Crippen molar-refractivity contribution in [1.82, 2.24) is 14.9 Å². The molecule has 0 spiro atoms. The maximum Gasteiger partial charge on any atom is 0.211 e. The predicted molar refractivity (Wildman–Crippen MR) is 128 cm³/mol. The van der Waals surface area contributed by atoms with E-state index in [1.165, 1.54) is 10.6 Å². The number of aliphatic imine (C=N–C) groups is 1. The summed E-state index contributed by atoms with van der Waals surface area (Å²) >= 11 is 11.9. The van der Waals surface area contributed by atoms with E-state index in [1.807, 2.05) is 13.8 Å². The first kappa shape index (κ1) is 27.7. The minimum Gasteiger partial charge on any atom is -0.386 e. The fraction of sp³-hybridized carbons (Fsp3) is 0.588. The van der Waals surface area contributed by atoms with Crippen LogP contribution in [0.5, 0.6) is 0 Å². The summed E-state index contributed by atoms with van der Waals surface area (Å²) in [6, 6.07) is 4.90. The van der Waals surface area contributed by atoms with Crippen LogP contribution in [0.4, 0.5) is 0 Å². The molecule has 0 saturated carbocycles. The number of hydrogen-bond donors (Lipinski definition) is 3. The van der Waals surface area contributed by atoms with Gasteiger partial charge in [-0.2, -0.15) is 0 Å². The van der Waals surface area contributed by atoms with E-state index in [4.69, 9.17) is 23.2 Å². The van der Waals surface area contributed by atoms with Gasteiger partial charge in [-0.1, -0.05) is 30.1 Å². The number of hydrogen-bond acceptors (Lipinski definition) is 4. The Hall–Kier alpha value is -0.330. The molecule has 1 atom stereocenters. The molecule has 1 rings (SSSR count). The van der Waals surface area contributed by atoms with Gasteiger partial charge in [-0.25, -0.2) is 12.7 Å². The number of aliphatic hydroxyl groups excluding tert-OH is 1. The number of guanidine groups is 1. The Balaban J connectivity index is 0.00000729. The summed E-state index contributed by atoms with van der Waals surface area (Å²) in [4.78, 5) is 4.36. The smallest absolute Gasteiger partial charge is 0.211 e. The van der Waals surface area contributed by atoms with Crippen LogP contribution in [0.2, 0.25) is 10.0 Å². The molecule has 0 saturated heterocycles. The van der Waals surface area contributed by atoms with Crippen LogP contribution < -0.4 is 10.6 Å². The quantitative estimate of drug-likeness (QED) is 0.175. The van der Waals surface area contributed by atoms with Crippen LogP contribution in [0.25, 0.3) is 0 Å². The predicted octanol–water partition coefficient (Wildman–Crippen LogP) is 2.87. The molecular weight excluding hydrogens is 538 g/mol. The van der Waals surface area contributed by atoms with Crippen molar-refractivity contribution in [2.75, 3.05) is 39.0 Å². The molecule has 0 amide bonds. The molecule has 7 nitrogen and oxygen atoms in total. The van der Waals surface area contributed by atoms with Gasteiger partial charge in [0.2, 0.25) is 10.0 Å². The van der Waals surface area contributed by atoms with Crippen LogP contribution in [-0.4, -0.2) is 62.8 Å². The molecule has 11 heteroatoms. The maximum absolute atomic E-state index is 11.6. The second-order valence-electron chi connectivity index (χ2n) is 5.97. The van der Waals surface area contributed by atoms with Crippen molar-refractivity contribution in [3.63, 3.8) is 0 Å². The van der Waals surface area contributed by atoms with Gasteiger partial charge in [0.25, 0.3) is 0 Å².